The Hall–Kier alpha value is -1.76. The minimum absolute atomic E-state index is 0.0483. The molecule has 0 radical (unpaired) electrons. The molecule has 0 aliphatic carbocycles. The molecule has 6 heteroatoms. The van der Waals surface area contributed by atoms with Gasteiger partial charge >= 0.3 is 0 Å². The second-order valence-electron chi connectivity index (χ2n) is 4.90. The Bertz CT molecular complexity index is 670. The first-order valence-electron chi connectivity index (χ1n) is 6.68. The maximum absolute atomic E-state index is 12.2. The van der Waals surface area contributed by atoms with Crippen molar-refractivity contribution in [3.8, 4) is 0 Å². The van der Waals surface area contributed by atoms with Crippen LogP contribution >= 0.6 is 0 Å². The van der Waals surface area contributed by atoms with Crippen molar-refractivity contribution < 1.29 is 8.42 Å². The number of rotatable bonds is 6. The number of hydrogen-bond donors (Lipinski definition) is 2. The predicted molar refractivity (Wildman–Crippen MR) is 82.7 cm³/mol. The molecule has 3 N–H and O–H groups in total. The number of nitrogens with two attached hydrogens (primary N) is 1. The Morgan fingerprint density at radius 2 is 1.67 bits per heavy atom. The summed E-state index contributed by atoms with van der Waals surface area (Å²) < 4.78 is 27.0. The van der Waals surface area contributed by atoms with Crippen LogP contribution in [-0.2, 0) is 22.3 Å². The molecule has 0 bridgehead atoms. The van der Waals surface area contributed by atoms with Crippen LogP contribution < -0.4 is 10.5 Å². The summed E-state index contributed by atoms with van der Waals surface area (Å²) in [7, 11) is -3.40. The Morgan fingerprint density at radius 1 is 1.10 bits per heavy atom. The summed E-state index contributed by atoms with van der Waals surface area (Å²) in [6.07, 6.45) is 3.29. The lowest BCUT2D eigenvalue weighted by atomic mass is 10.1. The fraction of sp³-hybridized carbons (Fsp3) is 0.267. The molecule has 1 atom stereocenters. The van der Waals surface area contributed by atoms with Crippen molar-refractivity contribution in [3.05, 3.63) is 65.5 Å². The van der Waals surface area contributed by atoms with Crippen LogP contribution in [0, 0.1) is 0 Å². The third kappa shape index (κ3) is 4.63. The molecule has 5 nitrogen and oxygen atoms in total. The van der Waals surface area contributed by atoms with Crippen LogP contribution in [0.25, 0.3) is 0 Å². The van der Waals surface area contributed by atoms with E-state index < -0.39 is 10.0 Å². The van der Waals surface area contributed by atoms with Crippen molar-refractivity contribution in [2.45, 2.75) is 25.3 Å². The summed E-state index contributed by atoms with van der Waals surface area (Å²) >= 11 is 0. The van der Waals surface area contributed by atoms with Gasteiger partial charge in [-0.1, -0.05) is 24.3 Å². The first-order chi connectivity index (χ1) is 10.00. The number of nitrogens with one attached hydrogen (secondary N) is 1. The minimum Gasteiger partial charge on any atom is -0.326 e. The summed E-state index contributed by atoms with van der Waals surface area (Å²) in [5.74, 6) is -0.0483. The van der Waals surface area contributed by atoms with Crippen molar-refractivity contribution >= 4 is 10.0 Å². The maximum Gasteiger partial charge on any atom is 0.216 e. The predicted octanol–water partition coefficient (Wildman–Crippen LogP) is 1.72. The molecule has 0 saturated carbocycles. The van der Waals surface area contributed by atoms with Crippen LogP contribution in [0.3, 0.4) is 0 Å². The Kier molecular flexibility index (Phi) is 5.06. The summed E-state index contributed by atoms with van der Waals surface area (Å²) in [6, 6.07) is 10.6. The third-order valence-electron chi connectivity index (χ3n) is 3.18. The van der Waals surface area contributed by atoms with Gasteiger partial charge in [-0.05, 0) is 35.7 Å². The standard InChI is InChI=1S/C15H19N3O2S/c1-12(15-6-8-17-9-7-15)18-21(19,20)11-14-4-2-13(10-16)3-5-14/h2-9,12,18H,10-11,16H2,1H3. The molecular formula is C15H19N3O2S. The highest BCUT2D eigenvalue weighted by molar-refractivity contribution is 7.88. The SMILES string of the molecule is CC(NS(=O)(=O)Cc1ccc(CN)cc1)c1ccncc1. The molecule has 2 aromatic rings. The summed E-state index contributed by atoms with van der Waals surface area (Å²) in [4.78, 5) is 3.92. The molecule has 0 aliphatic heterocycles. The van der Waals surface area contributed by atoms with Crippen molar-refractivity contribution in [1.82, 2.24) is 9.71 Å². The molecule has 0 aliphatic rings. The van der Waals surface area contributed by atoms with E-state index in [1.54, 1.807) is 36.7 Å². The fourth-order valence-electron chi connectivity index (χ4n) is 2.02. The Morgan fingerprint density at radius 3 is 2.24 bits per heavy atom. The summed E-state index contributed by atoms with van der Waals surface area (Å²) in [6.45, 7) is 2.26. The number of sulfonamides is 1. The molecule has 21 heavy (non-hydrogen) atoms. The van der Waals surface area contributed by atoms with Gasteiger partial charge in [-0.25, -0.2) is 13.1 Å². The molecule has 1 aromatic heterocycles. The second kappa shape index (κ2) is 6.80. The van der Waals surface area contributed by atoms with E-state index in [9.17, 15) is 8.42 Å². The highest BCUT2D eigenvalue weighted by atomic mass is 32.2. The highest BCUT2D eigenvalue weighted by Crippen LogP contribution is 2.14. The van der Waals surface area contributed by atoms with Gasteiger partial charge in [0.1, 0.15) is 0 Å². The normalized spacial score (nSPS) is 13.0. The van der Waals surface area contributed by atoms with E-state index in [1.807, 2.05) is 19.1 Å². The van der Waals surface area contributed by atoms with Crippen LogP contribution in [0.4, 0.5) is 0 Å². The number of aromatic nitrogens is 1. The maximum atomic E-state index is 12.2. The van der Waals surface area contributed by atoms with E-state index in [4.69, 9.17) is 5.73 Å². The number of nitrogens with zero attached hydrogens (tertiary/aromatic N) is 1. The Labute approximate surface area is 125 Å². The van der Waals surface area contributed by atoms with Gasteiger partial charge in [-0.15, -0.1) is 0 Å². The number of pyridine rings is 1. The highest BCUT2D eigenvalue weighted by Gasteiger charge is 2.16. The monoisotopic (exact) mass is 305 g/mol. The summed E-state index contributed by atoms with van der Waals surface area (Å²) in [5.41, 5.74) is 8.12. The molecular weight excluding hydrogens is 286 g/mol. The molecule has 1 aromatic carbocycles. The van der Waals surface area contributed by atoms with E-state index in [-0.39, 0.29) is 11.8 Å². The molecule has 1 unspecified atom stereocenters. The van der Waals surface area contributed by atoms with Crippen LogP contribution in [0.5, 0.6) is 0 Å². The van der Waals surface area contributed by atoms with Crippen LogP contribution in [0.2, 0.25) is 0 Å². The molecule has 112 valence electrons. The molecule has 2 rings (SSSR count). The molecule has 0 fully saturated rings. The lowest BCUT2D eigenvalue weighted by Gasteiger charge is -2.14. The average molecular weight is 305 g/mol. The molecule has 0 amide bonds. The van der Waals surface area contributed by atoms with Crippen LogP contribution in [0.15, 0.2) is 48.8 Å². The van der Waals surface area contributed by atoms with E-state index in [0.29, 0.717) is 6.54 Å². The minimum atomic E-state index is -3.40. The van der Waals surface area contributed by atoms with Gasteiger partial charge < -0.3 is 5.73 Å². The lowest BCUT2D eigenvalue weighted by Crippen LogP contribution is -2.28. The van der Waals surface area contributed by atoms with E-state index in [0.717, 1.165) is 16.7 Å². The fourth-order valence-corrected chi connectivity index (χ4v) is 3.41. The van der Waals surface area contributed by atoms with Gasteiger partial charge in [0.05, 0.1) is 5.75 Å². The van der Waals surface area contributed by atoms with Gasteiger partial charge in [-0.3, -0.25) is 4.98 Å². The van der Waals surface area contributed by atoms with E-state index in [2.05, 4.69) is 9.71 Å². The van der Waals surface area contributed by atoms with E-state index >= 15 is 0 Å². The van der Waals surface area contributed by atoms with Gasteiger partial charge in [-0.2, -0.15) is 0 Å². The van der Waals surface area contributed by atoms with Crippen molar-refractivity contribution in [2.75, 3.05) is 0 Å². The largest absolute Gasteiger partial charge is 0.326 e. The second-order valence-corrected chi connectivity index (χ2v) is 6.65. The number of hydrogen-bond acceptors (Lipinski definition) is 4. The smallest absolute Gasteiger partial charge is 0.216 e. The first kappa shape index (κ1) is 15.6. The van der Waals surface area contributed by atoms with Crippen molar-refractivity contribution in [3.63, 3.8) is 0 Å². The third-order valence-corrected chi connectivity index (χ3v) is 4.60. The van der Waals surface area contributed by atoms with Crippen LogP contribution in [0.1, 0.15) is 29.7 Å². The van der Waals surface area contributed by atoms with Crippen molar-refractivity contribution in [2.24, 2.45) is 5.73 Å². The average Bonchev–Trinajstić information content (AvgIpc) is 2.48. The van der Waals surface area contributed by atoms with E-state index in [1.165, 1.54) is 0 Å². The van der Waals surface area contributed by atoms with Gasteiger partial charge in [0.25, 0.3) is 0 Å². The quantitative estimate of drug-likeness (QED) is 0.851. The number of benzene rings is 1. The Balaban J connectivity index is 2.04. The van der Waals surface area contributed by atoms with Crippen molar-refractivity contribution in [1.29, 1.82) is 0 Å². The first-order valence-corrected chi connectivity index (χ1v) is 8.33. The van der Waals surface area contributed by atoms with Gasteiger partial charge in [0.15, 0.2) is 0 Å². The lowest BCUT2D eigenvalue weighted by molar-refractivity contribution is 0.566. The van der Waals surface area contributed by atoms with Gasteiger partial charge in [0, 0.05) is 25.0 Å². The van der Waals surface area contributed by atoms with Gasteiger partial charge in [0.2, 0.25) is 10.0 Å². The molecule has 0 saturated heterocycles. The molecule has 0 spiro atoms. The zero-order chi connectivity index (χ0) is 15.3. The molecule has 1 heterocycles. The summed E-state index contributed by atoms with van der Waals surface area (Å²) in [5, 5.41) is 0. The van der Waals surface area contributed by atoms with Crippen LogP contribution in [-0.4, -0.2) is 13.4 Å². The zero-order valence-corrected chi connectivity index (χ0v) is 12.7. The zero-order valence-electron chi connectivity index (χ0n) is 11.9. The topological polar surface area (TPSA) is 85.1 Å².